The molecule has 6 nitrogen and oxygen atoms in total. The molecule has 1 aromatic heterocycles. The number of amides is 1. The number of rotatable bonds is 6. The number of aryl methyl sites for hydroxylation is 1. The molecule has 0 aliphatic rings. The first-order valence-corrected chi connectivity index (χ1v) is 8.97. The SMILES string of the molecule is COc1ccc2cc(COC(=O)CNC(=O)c3ccc(C)cc3)c(Cl)nc2c1. The molecule has 0 spiro atoms. The monoisotopic (exact) mass is 398 g/mol. The van der Waals surface area contributed by atoms with Gasteiger partial charge in [0.05, 0.1) is 12.6 Å². The highest BCUT2D eigenvalue weighted by Crippen LogP contribution is 2.24. The number of pyridine rings is 1. The maximum Gasteiger partial charge on any atom is 0.325 e. The van der Waals surface area contributed by atoms with E-state index in [0.29, 0.717) is 22.4 Å². The first kappa shape index (κ1) is 19.6. The van der Waals surface area contributed by atoms with Gasteiger partial charge in [-0.1, -0.05) is 29.3 Å². The van der Waals surface area contributed by atoms with Crippen LogP contribution < -0.4 is 10.1 Å². The number of benzene rings is 2. The van der Waals surface area contributed by atoms with E-state index in [1.54, 1.807) is 25.3 Å². The van der Waals surface area contributed by atoms with Gasteiger partial charge in [0.2, 0.25) is 0 Å². The average Bonchev–Trinajstić information content (AvgIpc) is 2.70. The number of fused-ring (bicyclic) bond motifs is 1. The third-order valence-corrected chi connectivity index (χ3v) is 4.47. The van der Waals surface area contributed by atoms with Crippen LogP contribution in [0.3, 0.4) is 0 Å². The van der Waals surface area contributed by atoms with Crippen molar-refractivity contribution in [1.29, 1.82) is 0 Å². The van der Waals surface area contributed by atoms with Crippen molar-refractivity contribution >= 4 is 34.4 Å². The summed E-state index contributed by atoms with van der Waals surface area (Å²) in [5, 5.41) is 3.63. The van der Waals surface area contributed by atoms with E-state index in [4.69, 9.17) is 21.1 Å². The first-order valence-electron chi connectivity index (χ1n) is 8.60. The number of hydrogen-bond donors (Lipinski definition) is 1. The maximum atomic E-state index is 12.0. The Bertz CT molecular complexity index is 1020. The fourth-order valence-corrected chi connectivity index (χ4v) is 2.76. The van der Waals surface area contributed by atoms with Gasteiger partial charge in [0, 0.05) is 22.6 Å². The van der Waals surface area contributed by atoms with Crippen molar-refractivity contribution in [2.24, 2.45) is 0 Å². The fourth-order valence-electron chi connectivity index (χ4n) is 2.56. The van der Waals surface area contributed by atoms with E-state index >= 15 is 0 Å². The molecule has 0 atom stereocenters. The van der Waals surface area contributed by atoms with Crippen LogP contribution in [0.4, 0.5) is 0 Å². The largest absolute Gasteiger partial charge is 0.497 e. The first-order chi connectivity index (χ1) is 13.5. The van der Waals surface area contributed by atoms with Crippen LogP contribution >= 0.6 is 11.6 Å². The number of methoxy groups -OCH3 is 1. The van der Waals surface area contributed by atoms with Gasteiger partial charge in [0.25, 0.3) is 5.91 Å². The third kappa shape index (κ3) is 4.78. The minimum atomic E-state index is -0.564. The molecule has 0 saturated carbocycles. The Labute approximate surface area is 167 Å². The molecule has 144 valence electrons. The normalized spacial score (nSPS) is 10.5. The number of nitrogens with one attached hydrogen (secondary N) is 1. The van der Waals surface area contributed by atoms with E-state index in [1.165, 1.54) is 0 Å². The van der Waals surface area contributed by atoms with Crippen LogP contribution in [-0.4, -0.2) is 30.5 Å². The Hall–Kier alpha value is -3.12. The lowest BCUT2D eigenvalue weighted by atomic mass is 10.1. The van der Waals surface area contributed by atoms with E-state index < -0.39 is 5.97 Å². The van der Waals surface area contributed by atoms with Gasteiger partial charge in [0.1, 0.15) is 24.1 Å². The van der Waals surface area contributed by atoms with Gasteiger partial charge < -0.3 is 14.8 Å². The number of aromatic nitrogens is 1. The number of nitrogens with zero attached hydrogens (tertiary/aromatic N) is 1. The molecular formula is C21H19ClN2O4. The molecule has 0 saturated heterocycles. The minimum absolute atomic E-state index is 0.0347. The number of hydrogen-bond acceptors (Lipinski definition) is 5. The van der Waals surface area contributed by atoms with Gasteiger partial charge in [-0.3, -0.25) is 9.59 Å². The summed E-state index contributed by atoms with van der Waals surface area (Å²) >= 11 is 6.19. The van der Waals surface area contributed by atoms with Crippen molar-refractivity contribution in [3.05, 3.63) is 70.4 Å². The van der Waals surface area contributed by atoms with E-state index in [-0.39, 0.29) is 24.2 Å². The van der Waals surface area contributed by atoms with Crippen LogP contribution in [0, 0.1) is 6.92 Å². The smallest absolute Gasteiger partial charge is 0.325 e. The summed E-state index contributed by atoms with van der Waals surface area (Å²) in [7, 11) is 1.58. The maximum absolute atomic E-state index is 12.0. The van der Waals surface area contributed by atoms with Crippen LogP contribution in [-0.2, 0) is 16.1 Å². The minimum Gasteiger partial charge on any atom is -0.497 e. The summed E-state index contributed by atoms with van der Waals surface area (Å²) in [4.78, 5) is 28.3. The highest BCUT2D eigenvalue weighted by Gasteiger charge is 2.11. The molecule has 1 heterocycles. The van der Waals surface area contributed by atoms with Gasteiger partial charge in [-0.15, -0.1) is 0 Å². The Balaban J connectivity index is 1.57. The highest BCUT2D eigenvalue weighted by molar-refractivity contribution is 6.30. The number of carbonyl (C=O) groups is 2. The van der Waals surface area contributed by atoms with Crippen molar-refractivity contribution in [1.82, 2.24) is 10.3 Å². The molecule has 1 N–H and O–H groups in total. The van der Waals surface area contributed by atoms with E-state index in [1.807, 2.05) is 37.3 Å². The van der Waals surface area contributed by atoms with Crippen molar-refractivity contribution in [2.75, 3.05) is 13.7 Å². The molecule has 2 aromatic carbocycles. The van der Waals surface area contributed by atoms with Gasteiger partial charge in [0.15, 0.2) is 0 Å². The van der Waals surface area contributed by atoms with E-state index in [9.17, 15) is 9.59 Å². The summed E-state index contributed by atoms with van der Waals surface area (Å²) in [6, 6.07) is 14.3. The lowest BCUT2D eigenvalue weighted by Crippen LogP contribution is -2.30. The number of esters is 1. The zero-order chi connectivity index (χ0) is 20.1. The molecule has 0 aliphatic heterocycles. The van der Waals surface area contributed by atoms with Crippen LogP contribution in [0.2, 0.25) is 5.15 Å². The second-order valence-electron chi connectivity index (χ2n) is 6.21. The summed E-state index contributed by atoms with van der Waals surface area (Å²) in [6.07, 6.45) is 0. The van der Waals surface area contributed by atoms with Crippen molar-refractivity contribution in [3.63, 3.8) is 0 Å². The lowest BCUT2D eigenvalue weighted by molar-refractivity contribution is -0.143. The Morgan fingerprint density at radius 2 is 1.86 bits per heavy atom. The Morgan fingerprint density at radius 1 is 1.11 bits per heavy atom. The summed E-state index contributed by atoms with van der Waals surface area (Å²) < 4.78 is 10.4. The molecule has 0 radical (unpaired) electrons. The van der Waals surface area contributed by atoms with Gasteiger partial charge in [-0.25, -0.2) is 4.98 Å². The van der Waals surface area contributed by atoms with Gasteiger partial charge in [-0.05, 0) is 37.3 Å². The number of carbonyl (C=O) groups excluding carboxylic acids is 2. The van der Waals surface area contributed by atoms with Crippen LogP contribution in [0.5, 0.6) is 5.75 Å². The molecule has 0 bridgehead atoms. The Morgan fingerprint density at radius 3 is 2.57 bits per heavy atom. The quantitative estimate of drug-likeness (QED) is 0.506. The lowest BCUT2D eigenvalue weighted by Gasteiger charge is -2.09. The molecule has 0 aliphatic carbocycles. The highest BCUT2D eigenvalue weighted by atomic mass is 35.5. The van der Waals surface area contributed by atoms with Gasteiger partial charge in [-0.2, -0.15) is 0 Å². The van der Waals surface area contributed by atoms with Crippen molar-refractivity contribution < 1.29 is 19.1 Å². The fraction of sp³-hybridized carbons (Fsp3) is 0.190. The molecule has 7 heteroatoms. The van der Waals surface area contributed by atoms with Crippen LogP contribution in [0.25, 0.3) is 10.9 Å². The Kier molecular flexibility index (Phi) is 6.11. The predicted molar refractivity (Wildman–Crippen MR) is 107 cm³/mol. The van der Waals surface area contributed by atoms with Crippen LogP contribution in [0.15, 0.2) is 48.5 Å². The molecule has 28 heavy (non-hydrogen) atoms. The third-order valence-electron chi connectivity index (χ3n) is 4.15. The van der Waals surface area contributed by atoms with Gasteiger partial charge >= 0.3 is 5.97 Å². The van der Waals surface area contributed by atoms with E-state index in [2.05, 4.69) is 10.3 Å². The molecule has 3 rings (SSSR count). The summed E-state index contributed by atoms with van der Waals surface area (Å²) in [5.74, 6) is -0.220. The number of halogens is 1. The molecule has 0 fully saturated rings. The molecule has 0 unspecified atom stereocenters. The zero-order valence-corrected chi connectivity index (χ0v) is 16.2. The molecular weight excluding hydrogens is 380 g/mol. The standard InChI is InChI=1S/C21H19ClN2O4/c1-13-3-5-14(6-4-13)21(26)23-11-19(25)28-12-16-9-15-7-8-17(27-2)10-18(15)24-20(16)22/h3-10H,11-12H2,1-2H3,(H,23,26). The summed E-state index contributed by atoms with van der Waals surface area (Å²) in [6.45, 7) is 1.66. The van der Waals surface area contributed by atoms with E-state index in [0.717, 1.165) is 10.9 Å². The molecule has 1 amide bonds. The molecule has 3 aromatic rings. The zero-order valence-electron chi connectivity index (χ0n) is 15.5. The van der Waals surface area contributed by atoms with Crippen molar-refractivity contribution in [2.45, 2.75) is 13.5 Å². The average molecular weight is 399 g/mol. The topological polar surface area (TPSA) is 77.5 Å². The summed E-state index contributed by atoms with van der Waals surface area (Å²) in [5.41, 5.74) is 2.80. The second kappa shape index (κ2) is 8.71. The van der Waals surface area contributed by atoms with Crippen molar-refractivity contribution in [3.8, 4) is 5.75 Å². The van der Waals surface area contributed by atoms with Crippen LogP contribution in [0.1, 0.15) is 21.5 Å². The predicted octanol–water partition coefficient (Wildman–Crippen LogP) is 3.68. The number of ether oxygens (including phenoxy) is 2. The second-order valence-corrected chi connectivity index (χ2v) is 6.56.